The molecule has 2 N–H and O–H groups in total. The Labute approximate surface area is 162 Å². The number of carboxylic acid groups (broad SMARTS) is 1. The van der Waals surface area contributed by atoms with Crippen molar-refractivity contribution in [3.8, 4) is 11.1 Å². The molecule has 0 saturated carbocycles. The van der Waals surface area contributed by atoms with Crippen molar-refractivity contribution in [1.29, 1.82) is 0 Å². The van der Waals surface area contributed by atoms with Crippen LogP contribution < -0.4 is 5.32 Å². The number of rotatable bonds is 9. The summed E-state index contributed by atoms with van der Waals surface area (Å²) in [6.45, 7) is 12.5. The van der Waals surface area contributed by atoms with Gasteiger partial charge in [-0.3, -0.25) is 5.32 Å². The number of nitrogens with one attached hydrogen (secondary N) is 1. The molecule has 0 radical (unpaired) electrons. The quantitative estimate of drug-likeness (QED) is 0.463. The van der Waals surface area contributed by atoms with E-state index >= 15 is 0 Å². The van der Waals surface area contributed by atoms with Gasteiger partial charge in [0.2, 0.25) is 0 Å². The molecule has 1 aromatic carbocycles. The van der Waals surface area contributed by atoms with E-state index in [0.29, 0.717) is 12.4 Å². The van der Waals surface area contributed by atoms with E-state index in [0.717, 1.165) is 48.0 Å². The summed E-state index contributed by atoms with van der Waals surface area (Å²) in [6.07, 6.45) is 0.628. The summed E-state index contributed by atoms with van der Waals surface area (Å²) in [5.74, 6) is 0. The van der Waals surface area contributed by atoms with Gasteiger partial charge in [0.15, 0.2) is 0 Å². The van der Waals surface area contributed by atoms with Gasteiger partial charge >= 0.3 is 6.09 Å². The first-order chi connectivity index (χ1) is 12.7. The van der Waals surface area contributed by atoms with Crippen LogP contribution >= 0.6 is 0 Å². The highest BCUT2D eigenvalue weighted by atomic mass is 28.3. The summed E-state index contributed by atoms with van der Waals surface area (Å²) in [4.78, 5) is 10.8. The first-order valence-corrected chi connectivity index (χ1v) is 13.2. The van der Waals surface area contributed by atoms with E-state index in [1.807, 2.05) is 16.8 Å². The molecule has 2 aromatic rings. The largest absolute Gasteiger partial charge is 0.465 e. The number of benzene rings is 1. The molecule has 0 bridgehead atoms. The van der Waals surface area contributed by atoms with Crippen LogP contribution in [0.25, 0.3) is 11.1 Å². The second kappa shape index (κ2) is 9.19. The van der Waals surface area contributed by atoms with Gasteiger partial charge in [-0.25, -0.2) is 9.48 Å². The first-order valence-electron chi connectivity index (χ1n) is 9.51. The fourth-order valence-corrected chi connectivity index (χ4v) is 3.73. The van der Waals surface area contributed by atoms with Crippen molar-refractivity contribution in [2.75, 3.05) is 11.9 Å². The zero-order chi connectivity index (χ0) is 20.0. The average molecular weight is 390 g/mol. The highest BCUT2D eigenvalue weighted by molar-refractivity contribution is 6.76. The van der Waals surface area contributed by atoms with E-state index in [-0.39, 0.29) is 0 Å². The Balaban J connectivity index is 2.23. The fraction of sp³-hybridized carbons (Fsp3) is 0.500. The summed E-state index contributed by atoms with van der Waals surface area (Å²) < 4.78 is 7.88. The summed E-state index contributed by atoms with van der Waals surface area (Å²) in [5.41, 5.74) is 4.94. The number of nitrogens with zero attached hydrogens (tertiary/aromatic N) is 2. The lowest BCUT2D eigenvalue weighted by atomic mass is 10.0. The lowest BCUT2D eigenvalue weighted by molar-refractivity contribution is 0.0764. The van der Waals surface area contributed by atoms with Gasteiger partial charge in [0, 0.05) is 31.6 Å². The van der Waals surface area contributed by atoms with E-state index in [1.165, 1.54) is 0 Å². The molecule has 0 aliphatic heterocycles. The lowest BCUT2D eigenvalue weighted by Crippen LogP contribution is -2.22. The number of ether oxygens (including phenoxy) is 1. The molecule has 148 valence electrons. The topological polar surface area (TPSA) is 76.4 Å². The van der Waals surface area contributed by atoms with E-state index in [4.69, 9.17) is 14.9 Å². The molecule has 7 heteroatoms. The van der Waals surface area contributed by atoms with E-state index in [9.17, 15) is 4.79 Å². The second-order valence-corrected chi connectivity index (χ2v) is 13.5. The Morgan fingerprint density at radius 2 is 1.85 bits per heavy atom. The summed E-state index contributed by atoms with van der Waals surface area (Å²) in [6, 6.07) is 8.59. The van der Waals surface area contributed by atoms with Gasteiger partial charge in [-0.1, -0.05) is 45.6 Å². The van der Waals surface area contributed by atoms with Crippen LogP contribution in [0.15, 0.2) is 24.3 Å². The zero-order valence-corrected chi connectivity index (χ0v) is 18.0. The molecule has 27 heavy (non-hydrogen) atoms. The monoisotopic (exact) mass is 389 g/mol. The van der Waals surface area contributed by atoms with E-state index < -0.39 is 14.2 Å². The number of carbonyl (C=O) groups is 1. The maximum absolute atomic E-state index is 10.8. The third kappa shape index (κ3) is 5.94. The molecule has 0 aliphatic carbocycles. The highest BCUT2D eigenvalue weighted by Gasteiger charge is 2.18. The van der Waals surface area contributed by atoms with Gasteiger partial charge < -0.3 is 9.84 Å². The Hall–Kier alpha value is -2.12. The van der Waals surface area contributed by atoms with Crippen LogP contribution in [0.3, 0.4) is 0 Å². The molecule has 1 aromatic heterocycles. The van der Waals surface area contributed by atoms with Gasteiger partial charge in [-0.05, 0) is 36.6 Å². The van der Waals surface area contributed by atoms with Crippen molar-refractivity contribution in [3.05, 3.63) is 35.7 Å². The molecule has 6 nitrogen and oxygen atoms in total. The fourth-order valence-electron chi connectivity index (χ4n) is 2.97. The van der Waals surface area contributed by atoms with Crippen molar-refractivity contribution in [2.45, 2.75) is 59.1 Å². The maximum Gasteiger partial charge on any atom is 0.409 e. The minimum absolute atomic E-state index is 0.472. The number of hydrogen-bond donors (Lipinski definition) is 2. The van der Waals surface area contributed by atoms with Crippen molar-refractivity contribution < 1.29 is 14.6 Å². The number of hydrogen-bond acceptors (Lipinski definition) is 3. The number of aryl methyl sites for hydroxylation is 1. The molecule has 2 rings (SSSR count). The van der Waals surface area contributed by atoms with Crippen LogP contribution in [0, 0.1) is 0 Å². The van der Waals surface area contributed by atoms with Crippen LogP contribution in [0.4, 0.5) is 10.5 Å². The molecule has 0 atom stereocenters. The molecular formula is C20H31N3O3Si. The van der Waals surface area contributed by atoms with Crippen LogP contribution in [0.5, 0.6) is 0 Å². The summed E-state index contributed by atoms with van der Waals surface area (Å²) in [7, 11) is -1.10. The first kappa shape index (κ1) is 21.2. The van der Waals surface area contributed by atoms with Crippen molar-refractivity contribution in [3.63, 3.8) is 0 Å². The zero-order valence-electron chi connectivity index (χ0n) is 17.0. The average Bonchev–Trinajstić information content (AvgIpc) is 2.95. The van der Waals surface area contributed by atoms with Gasteiger partial charge in [-0.2, -0.15) is 5.10 Å². The van der Waals surface area contributed by atoms with Gasteiger partial charge in [0.25, 0.3) is 0 Å². The third-order valence-corrected chi connectivity index (χ3v) is 6.14. The molecule has 0 aliphatic rings. The normalized spacial score (nSPS) is 11.6. The predicted molar refractivity (Wildman–Crippen MR) is 112 cm³/mol. The van der Waals surface area contributed by atoms with Crippen molar-refractivity contribution in [1.82, 2.24) is 9.78 Å². The molecular weight excluding hydrogens is 358 g/mol. The van der Waals surface area contributed by atoms with Gasteiger partial charge in [0.05, 0.1) is 5.69 Å². The third-order valence-electron chi connectivity index (χ3n) is 4.43. The molecule has 0 spiro atoms. The molecule has 0 saturated heterocycles. The smallest absolute Gasteiger partial charge is 0.409 e. The molecule has 1 amide bonds. The van der Waals surface area contributed by atoms with Crippen LogP contribution in [0.1, 0.15) is 25.2 Å². The molecule has 0 fully saturated rings. The Morgan fingerprint density at radius 3 is 2.37 bits per heavy atom. The van der Waals surface area contributed by atoms with Crippen molar-refractivity contribution in [2.24, 2.45) is 0 Å². The Kier molecular flexibility index (Phi) is 7.21. The number of aromatic nitrogens is 2. The van der Waals surface area contributed by atoms with Crippen LogP contribution in [0.2, 0.25) is 25.7 Å². The highest BCUT2D eigenvalue weighted by Crippen LogP contribution is 2.30. The lowest BCUT2D eigenvalue weighted by Gasteiger charge is -2.16. The Bertz CT molecular complexity index is 764. The van der Waals surface area contributed by atoms with Crippen LogP contribution in [-0.2, 0) is 24.3 Å². The van der Waals surface area contributed by atoms with Crippen molar-refractivity contribution >= 4 is 19.9 Å². The second-order valence-electron chi connectivity index (χ2n) is 7.83. The SMILES string of the molecule is CCc1nn(COCC[Si](C)(C)C)c(CC)c1-c1ccc(NC(=O)O)cc1. The molecule has 1 heterocycles. The maximum atomic E-state index is 10.8. The predicted octanol–water partition coefficient (Wildman–Crippen LogP) is 5.08. The summed E-state index contributed by atoms with van der Waals surface area (Å²) in [5, 5.41) is 16.0. The standard InChI is InChI=1S/C20H31N3O3Si/c1-6-17-19(15-8-10-16(11-9-15)21-20(24)25)18(7-2)23(22-17)14-26-12-13-27(3,4)5/h8-11,21H,6-7,12-14H2,1-5H3,(H,24,25). The molecule has 0 unspecified atom stereocenters. The van der Waals surface area contributed by atoms with Gasteiger partial charge in [0.1, 0.15) is 6.73 Å². The minimum atomic E-state index is -1.10. The number of anilines is 1. The minimum Gasteiger partial charge on any atom is -0.465 e. The van der Waals surface area contributed by atoms with Crippen LogP contribution in [-0.4, -0.2) is 35.7 Å². The Morgan fingerprint density at radius 1 is 1.19 bits per heavy atom. The van der Waals surface area contributed by atoms with E-state index in [1.54, 1.807) is 12.1 Å². The van der Waals surface area contributed by atoms with Gasteiger partial charge in [-0.15, -0.1) is 0 Å². The summed E-state index contributed by atoms with van der Waals surface area (Å²) >= 11 is 0. The van der Waals surface area contributed by atoms with E-state index in [2.05, 4.69) is 38.8 Å². The number of amides is 1.